The van der Waals surface area contributed by atoms with Gasteiger partial charge < -0.3 is 9.94 Å². The van der Waals surface area contributed by atoms with Gasteiger partial charge in [-0.3, -0.25) is 0 Å². The molecule has 0 aliphatic carbocycles. The summed E-state index contributed by atoms with van der Waals surface area (Å²) in [5.74, 6) is 0.296. The van der Waals surface area contributed by atoms with Gasteiger partial charge in [0.2, 0.25) is 0 Å². The Bertz CT molecular complexity index is 295. The molecule has 1 aromatic carbocycles. The van der Waals surface area contributed by atoms with Crippen LogP contribution in [0.25, 0.3) is 0 Å². The van der Waals surface area contributed by atoms with Gasteiger partial charge in [-0.25, -0.2) is 0 Å². The zero-order valence-corrected chi connectivity index (χ0v) is 7.11. The van der Waals surface area contributed by atoms with Crippen molar-refractivity contribution in [3.05, 3.63) is 29.3 Å². The van der Waals surface area contributed by atoms with Gasteiger partial charge in [0.15, 0.2) is 0 Å². The minimum Gasteiger partial charge on any atom is -0.508 e. The standard InChI is InChI=1S/C9H11NO2/c1-7-5-8(6-10-12-2)3-4-9(7)11/h3-6,11H,1-2H3. The molecule has 0 aliphatic rings. The van der Waals surface area contributed by atoms with E-state index in [1.807, 2.05) is 13.0 Å². The summed E-state index contributed by atoms with van der Waals surface area (Å²) < 4.78 is 0. The third-order valence-electron chi connectivity index (χ3n) is 1.53. The van der Waals surface area contributed by atoms with E-state index in [0.29, 0.717) is 5.75 Å². The lowest BCUT2D eigenvalue weighted by Gasteiger charge is -1.98. The molecule has 0 atom stereocenters. The smallest absolute Gasteiger partial charge is 0.118 e. The minimum atomic E-state index is 0.296. The lowest BCUT2D eigenvalue weighted by atomic mass is 10.1. The molecule has 0 radical (unpaired) electrons. The molecular formula is C9H11NO2. The number of phenols is 1. The molecule has 1 rings (SSSR count). The average molecular weight is 165 g/mol. The van der Waals surface area contributed by atoms with Gasteiger partial charge in [0.05, 0.1) is 6.21 Å². The van der Waals surface area contributed by atoms with Crippen molar-refractivity contribution in [3.63, 3.8) is 0 Å². The Hall–Kier alpha value is -1.51. The summed E-state index contributed by atoms with van der Waals surface area (Å²) in [6.45, 7) is 1.83. The van der Waals surface area contributed by atoms with Crippen molar-refractivity contribution in [2.45, 2.75) is 6.92 Å². The first kappa shape index (κ1) is 8.59. The lowest BCUT2D eigenvalue weighted by Crippen LogP contribution is -1.83. The summed E-state index contributed by atoms with van der Waals surface area (Å²) in [6, 6.07) is 5.23. The third-order valence-corrected chi connectivity index (χ3v) is 1.53. The fourth-order valence-corrected chi connectivity index (χ4v) is 0.873. The molecule has 0 spiro atoms. The molecule has 1 aromatic rings. The van der Waals surface area contributed by atoms with E-state index >= 15 is 0 Å². The summed E-state index contributed by atoms with van der Waals surface area (Å²) >= 11 is 0. The highest BCUT2D eigenvalue weighted by Gasteiger charge is 1.94. The molecule has 3 heteroatoms. The van der Waals surface area contributed by atoms with Crippen molar-refractivity contribution in [2.75, 3.05) is 7.11 Å². The highest BCUT2D eigenvalue weighted by atomic mass is 16.6. The topological polar surface area (TPSA) is 41.8 Å². The number of benzene rings is 1. The predicted molar refractivity (Wildman–Crippen MR) is 47.4 cm³/mol. The monoisotopic (exact) mass is 165 g/mol. The van der Waals surface area contributed by atoms with E-state index < -0.39 is 0 Å². The quantitative estimate of drug-likeness (QED) is 0.535. The number of aryl methyl sites for hydroxylation is 1. The second kappa shape index (κ2) is 3.76. The van der Waals surface area contributed by atoms with Gasteiger partial charge >= 0.3 is 0 Å². The summed E-state index contributed by atoms with van der Waals surface area (Å²) in [5.41, 5.74) is 1.74. The first-order valence-electron chi connectivity index (χ1n) is 3.60. The number of hydrogen-bond acceptors (Lipinski definition) is 3. The van der Waals surface area contributed by atoms with Crippen molar-refractivity contribution in [2.24, 2.45) is 5.16 Å². The van der Waals surface area contributed by atoms with Crippen LogP contribution in [-0.4, -0.2) is 18.4 Å². The Morgan fingerprint density at radius 3 is 2.83 bits per heavy atom. The van der Waals surface area contributed by atoms with E-state index in [0.717, 1.165) is 11.1 Å². The molecule has 64 valence electrons. The SMILES string of the molecule is CON=Cc1ccc(O)c(C)c1. The van der Waals surface area contributed by atoms with Gasteiger partial charge in [-0.15, -0.1) is 0 Å². The van der Waals surface area contributed by atoms with Crippen LogP contribution in [0.2, 0.25) is 0 Å². The van der Waals surface area contributed by atoms with E-state index in [4.69, 9.17) is 0 Å². The molecule has 1 N–H and O–H groups in total. The first-order chi connectivity index (χ1) is 5.74. The second-order valence-electron chi connectivity index (χ2n) is 2.46. The van der Waals surface area contributed by atoms with Gasteiger partial charge in [0, 0.05) is 0 Å². The van der Waals surface area contributed by atoms with Crippen LogP contribution >= 0.6 is 0 Å². The molecule has 0 saturated heterocycles. The lowest BCUT2D eigenvalue weighted by molar-refractivity contribution is 0.215. The number of nitrogens with zero attached hydrogens (tertiary/aromatic N) is 1. The van der Waals surface area contributed by atoms with Crippen LogP contribution in [0.4, 0.5) is 0 Å². The number of rotatable bonds is 2. The van der Waals surface area contributed by atoms with Crippen LogP contribution in [0, 0.1) is 6.92 Å². The Morgan fingerprint density at radius 1 is 1.50 bits per heavy atom. The second-order valence-corrected chi connectivity index (χ2v) is 2.46. The van der Waals surface area contributed by atoms with Crippen molar-refractivity contribution < 1.29 is 9.94 Å². The van der Waals surface area contributed by atoms with Crippen molar-refractivity contribution in [1.29, 1.82) is 0 Å². The maximum absolute atomic E-state index is 9.19. The van der Waals surface area contributed by atoms with Crippen molar-refractivity contribution in [3.8, 4) is 5.75 Å². The Morgan fingerprint density at radius 2 is 2.25 bits per heavy atom. The third kappa shape index (κ3) is 1.99. The molecule has 0 unspecified atom stereocenters. The molecule has 12 heavy (non-hydrogen) atoms. The van der Waals surface area contributed by atoms with Gasteiger partial charge in [0.1, 0.15) is 12.9 Å². The average Bonchev–Trinajstić information content (AvgIpc) is 2.07. The van der Waals surface area contributed by atoms with Crippen LogP contribution in [0.1, 0.15) is 11.1 Å². The van der Waals surface area contributed by atoms with Gasteiger partial charge in [-0.05, 0) is 36.2 Å². The molecule has 0 bridgehead atoms. The zero-order valence-electron chi connectivity index (χ0n) is 7.11. The van der Waals surface area contributed by atoms with E-state index in [1.165, 1.54) is 7.11 Å². The van der Waals surface area contributed by atoms with Crippen LogP contribution < -0.4 is 0 Å². The summed E-state index contributed by atoms with van der Waals surface area (Å²) in [4.78, 5) is 4.52. The fourth-order valence-electron chi connectivity index (χ4n) is 0.873. The van der Waals surface area contributed by atoms with Gasteiger partial charge in [-0.2, -0.15) is 0 Å². The molecule has 3 nitrogen and oxygen atoms in total. The molecular weight excluding hydrogens is 154 g/mol. The normalized spacial score (nSPS) is 10.5. The van der Waals surface area contributed by atoms with E-state index in [-0.39, 0.29) is 0 Å². The van der Waals surface area contributed by atoms with Gasteiger partial charge in [0.25, 0.3) is 0 Å². The zero-order chi connectivity index (χ0) is 8.97. The Kier molecular flexibility index (Phi) is 2.69. The van der Waals surface area contributed by atoms with Crippen LogP contribution in [0.3, 0.4) is 0 Å². The largest absolute Gasteiger partial charge is 0.508 e. The number of hydrogen-bond donors (Lipinski definition) is 1. The van der Waals surface area contributed by atoms with Crippen LogP contribution in [-0.2, 0) is 4.84 Å². The van der Waals surface area contributed by atoms with E-state index in [9.17, 15) is 5.11 Å². The molecule has 0 fully saturated rings. The number of aromatic hydroxyl groups is 1. The number of oxime groups is 1. The maximum atomic E-state index is 9.19. The molecule has 0 aliphatic heterocycles. The Labute approximate surface area is 71.3 Å². The van der Waals surface area contributed by atoms with Crippen molar-refractivity contribution in [1.82, 2.24) is 0 Å². The highest BCUT2D eigenvalue weighted by Crippen LogP contribution is 2.15. The van der Waals surface area contributed by atoms with E-state index in [2.05, 4.69) is 9.99 Å². The van der Waals surface area contributed by atoms with E-state index in [1.54, 1.807) is 18.3 Å². The summed E-state index contributed by atoms with van der Waals surface area (Å²) in [7, 11) is 1.49. The summed E-state index contributed by atoms with van der Waals surface area (Å²) in [6.07, 6.45) is 1.59. The van der Waals surface area contributed by atoms with Crippen LogP contribution in [0.5, 0.6) is 5.75 Å². The minimum absolute atomic E-state index is 0.296. The molecule has 0 aromatic heterocycles. The summed E-state index contributed by atoms with van der Waals surface area (Å²) in [5, 5.41) is 12.8. The van der Waals surface area contributed by atoms with Crippen LogP contribution in [0.15, 0.2) is 23.4 Å². The molecule has 0 amide bonds. The molecule has 0 saturated carbocycles. The predicted octanol–water partition coefficient (Wildman–Crippen LogP) is 1.68. The highest BCUT2D eigenvalue weighted by molar-refractivity contribution is 5.79. The van der Waals surface area contributed by atoms with Crippen molar-refractivity contribution >= 4 is 6.21 Å². The molecule has 0 heterocycles. The first-order valence-corrected chi connectivity index (χ1v) is 3.60. The Balaban J connectivity index is 2.89. The van der Waals surface area contributed by atoms with Gasteiger partial charge in [-0.1, -0.05) is 5.16 Å². The maximum Gasteiger partial charge on any atom is 0.118 e. The number of phenolic OH excluding ortho intramolecular Hbond substituents is 1. The fraction of sp³-hybridized carbons (Fsp3) is 0.222.